The fourth-order valence-electron chi connectivity index (χ4n) is 2.89. The van der Waals surface area contributed by atoms with Crippen molar-refractivity contribution < 1.29 is 9.53 Å². The Hall–Kier alpha value is -1.75. The molecule has 0 saturated carbocycles. The molecule has 2 rings (SSSR count). The summed E-state index contributed by atoms with van der Waals surface area (Å²) < 4.78 is 5.76. The number of amides is 2. The molecule has 1 N–H and O–H groups in total. The summed E-state index contributed by atoms with van der Waals surface area (Å²) in [5.74, 6) is 0.884. The largest absolute Gasteiger partial charge is 0.494 e. The average Bonchev–Trinajstić information content (AvgIpc) is 2.61. The molecule has 0 aromatic heterocycles. The molecule has 1 aliphatic rings. The lowest BCUT2D eigenvalue weighted by Crippen LogP contribution is -2.51. The molecule has 1 saturated heterocycles. The monoisotopic (exact) mass is 347 g/mol. The van der Waals surface area contributed by atoms with Crippen LogP contribution in [0.2, 0.25) is 0 Å². The van der Waals surface area contributed by atoms with Gasteiger partial charge in [0.1, 0.15) is 5.75 Å². The number of carbonyl (C=O) groups excluding carboxylic acids is 1. The zero-order valence-corrected chi connectivity index (χ0v) is 16.2. The maximum atomic E-state index is 12.1. The quantitative estimate of drug-likeness (QED) is 0.804. The minimum Gasteiger partial charge on any atom is -0.494 e. The fraction of sp³-hybridized carbons (Fsp3) is 0.650. The predicted molar refractivity (Wildman–Crippen MR) is 102 cm³/mol. The van der Waals surface area contributed by atoms with Crippen LogP contribution in [0.1, 0.15) is 39.7 Å². The number of likely N-dealkylation sites (N-methyl/N-ethyl adjacent to an activating group) is 1. The van der Waals surface area contributed by atoms with Gasteiger partial charge in [-0.15, -0.1) is 0 Å². The number of benzene rings is 1. The summed E-state index contributed by atoms with van der Waals surface area (Å²) >= 11 is 0. The molecule has 0 unspecified atom stereocenters. The van der Waals surface area contributed by atoms with Crippen LogP contribution in [0, 0.1) is 0 Å². The fourth-order valence-corrected chi connectivity index (χ4v) is 2.89. The third-order valence-electron chi connectivity index (χ3n) is 4.69. The molecule has 2 amide bonds. The molecule has 1 fully saturated rings. The van der Waals surface area contributed by atoms with Crippen LogP contribution in [0.4, 0.5) is 4.79 Å². The van der Waals surface area contributed by atoms with E-state index in [9.17, 15) is 4.79 Å². The van der Waals surface area contributed by atoms with Gasteiger partial charge in [-0.05, 0) is 36.1 Å². The number of carbonyl (C=O) groups is 1. The number of hydrogen-bond acceptors (Lipinski definition) is 3. The zero-order chi connectivity index (χ0) is 18.3. The summed E-state index contributed by atoms with van der Waals surface area (Å²) in [5.41, 5.74) is 1.46. The van der Waals surface area contributed by atoms with Crippen LogP contribution >= 0.6 is 0 Å². The van der Waals surface area contributed by atoms with E-state index >= 15 is 0 Å². The molecule has 25 heavy (non-hydrogen) atoms. The van der Waals surface area contributed by atoms with Crippen molar-refractivity contribution in [1.82, 2.24) is 15.1 Å². The zero-order valence-electron chi connectivity index (χ0n) is 16.2. The highest BCUT2D eigenvalue weighted by Crippen LogP contribution is 2.24. The molecule has 0 radical (unpaired) electrons. The average molecular weight is 348 g/mol. The van der Waals surface area contributed by atoms with E-state index in [2.05, 4.69) is 50.0 Å². The Morgan fingerprint density at radius 3 is 2.32 bits per heavy atom. The van der Waals surface area contributed by atoms with Crippen LogP contribution < -0.4 is 10.1 Å². The summed E-state index contributed by atoms with van der Waals surface area (Å²) in [6, 6.07) is 8.32. The molecule has 1 aliphatic heterocycles. The lowest BCUT2D eigenvalue weighted by atomic mass is 9.87. The molecule has 1 heterocycles. The van der Waals surface area contributed by atoms with Gasteiger partial charge in [0.25, 0.3) is 0 Å². The van der Waals surface area contributed by atoms with Crippen molar-refractivity contribution in [3.8, 4) is 5.75 Å². The second-order valence-electron chi connectivity index (χ2n) is 7.63. The molecule has 0 bridgehead atoms. The number of urea groups is 1. The van der Waals surface area contributed by atoms with E-state index < -0.39 is 0 Å². The van der Waals surface area contributed by atoms with E-state index in [-0.39, 0.29) is 11.4 Å². The maximum absolute atomic E-state index is 12.1. The first-order valence-corrected chi connectivity index (χ1v) is 9.38. The predicted octanol–water partition coefficient (Wildman–Crippen LogP) is 3.10. The van der Waals surface area contributed by atoms with Crippen molar-refractivity contribution in [2.24, 2.45) is 0 Å². The summed E-state index contributed by atoms with van der Waals surface area (Å²) in [5, 5.41) is 2.99. The third-order valence-corrected chi connectivity index (χ3v) is 4.69. The summed E-state index contributed by atoms with van der Waals surface area (Å²) in [7, 11) is 0. The molecule has 5 heteroatoms. The van der Waals surface area contributed by atoms with Crippen molar-refractivity contribution in [2.45, 2.75) is 39.5 Å². The van der Waals surface area contributed by atoms with Gasteiger partial charge in [0, 0.05) is 32.7 Å². The highest BCUT2D eigenvalue weighted by molar-refractivity contribution is 5.74. The van der Waals surface area contributed by atoms with Crippen LogP contribution in [-0.2, 0) is 5.41 Å². The molecule has 1 aromatic rings. The second kappa shape index (κ2) is 9.09. The van der Waals surface area contributed by atoms with Crippen LogP contribution in [-0.4, -0.2) is 61.7 Å². The Balaban J connectivity index is 1.61. The van der Waals surface area contributed by atoms with Crippen molar-refractivity contribution >= 4 is 6.03 Å². The van der Waals surface area contributed by atoms with Gasteiger partial charge in [0.2, 0.25) is 0 Å². The molecule has 140 valence electrons. The summed E-state index contributed by atoms with van der Waals surface area (Å²) in [6.07, 6.45) is 0.807. The van der Waals surface area contributed by atoms with Crippen molar-refractivity contribution in [3.63, 3.8) is 0 Å². The molecule has 0 spiro atoms. The molecule has 5 nitrogen and oxygen atoms in total. The van der Waals surface area contributed by atoms with Crippen molar-refractivity contribution in [1.29, 1.82) is 0 Å². The maximum Gasteiger partial charge on any atom is 0.317 e. The van der Waals surface area contributed by atoms with E-state index in [1.807, 2.05) is 17.0 Å². The number of ether oxygens (including phenoxy) is 1. The van der Waals surface area contributed by atoms with Gasteiger partial charge in [0.05, 0.1) is 6.61 Å². The molecule has 0 aliphatic carbocycles. The number of nitrogens with one attached hydrogen (secondary N) is 1. The van der Waals surface area contributed by atoms with Crippen LogP contribution in [0.3, 0.4) is 0 Å². The Bertz CT molecular complexity index is 529. The number of nitrogens with zero attached hydrogens (tertiary/aromatic N) is 2. The standard InChI is InChI=1S/C20H33N3O2/c1-5-22-12-14-23(15-13-22)19(24)21-11-6-16-25-18-9-7-17(8-10-18)20(2,3)4/h7-10H,5-6,11-16H2,1-4H3,(H,21,24). The Kier molecular flexibility index (Phi) is 7.12. The summed E-state index contributed by atoms with van der Waals surface area (Å²) in [4.78, 5) is 16.4. The smallest absolute Gasteiger partial charge is 0.317 e. The van der Waals surface area contributed by atoms with Gasteiger partial charge in [0.15, 0.2) is 0 Å². The Labute approximate surface area is 152 Å². The first-order valence-electron chi connectivity index (χ1n) is 9.38. The SMILES string of the molecule is CCN1CCN(C(=O)NCCCOc2ccc(C(C)(C)C)cc2)CC1. The van der Waals surface area contributed by atoms with E-state index in [0.29, 0.717) is 13.2 Å². The van der Waals surface area contributed by atoms with Crippen LogP contribution in [0.25, 0.3) is 0 Å². The highest BCUT2D eigenvalue weighted by Gasteiger charge is 2.19. The molecular weight excluding hydrogens is 314 g/mol. The van der Waals surface area contributed by atoms with Crippen molar-refractivity contribution in [2.75, 3.05) is 45.9 Å². The number of hydrogen-bond donors (Lipinski definition) is 1. The number of piperazine rings is 1. The van der Waals surface area contributed by atoms with Crippen molar-refractivity contribution in [3.05, 3.63) is 29.8 Å². The Morgan fingerprint density at radius 1 is 1.12 bits per heavy atom. The minimum absolute atomic E-state index is 0.0466. The first-order chi connectivity index (χ1) is 11.9. The van der Waals surface area contributed by atoms with Gasteiger partial charge in [-0.1, -0.05) is 39.8 Å². The van der Waals surface area contributed by atoms with E-state index in [1.165, 1.54) is 5.56 Å². The third kappa shape index (κ3) is 6.24. The van der Waals surface area contributed by atoms with Gasteiger partial charge in [-0.2, -0.15) is 0 Å². The van der Waals surface area contributed by atoms with Gasteiger partial charge >= 0.3 is 6.03 Å². The lowest BCUT2D eigenvalue weighted by Gasteiger charge is -2.34. The van der Waals surface area contributed by atoms with E-state index in [0.717, 1.165) is 44.9 Å². The molecule has 0 atom stereocenters. The highest BCUT2D eigenvalue weighted by atomic mass is 16.5. The molecule has 1 aromatic carbocycles. The van der Waals surface area contributed by atoms with E-state index in [1.54, 1.807) is 0 Å². The van der Waals surface area contributed by atoms with Crippen LogP contribution in [0.15, 0.2) is 24.3 Å². The second-order valence-corrected chi connectivity index (χ2v) is 7.63. The van der Waals surface area contributed by atoms with Gasteiger partial charge < -0.3 is 19.9 Å². The number of rotatable bonds is 6. The Morgan fingerprint density at radius 2 is 1.76 bits per heavy atom. The lowest BCUT2D eigenvalue weighted by molar-refractivity contribution is 0.142. The summed E-state index contributed by atoms with van der Waals surface area (Å²) in [6.45, 7) is 14.7. The minimum atomic E-state index is 0.0466. The van der Waals surface area contributed by atoms with Gasteiger partial charge in [-0.25, -0.2) is 4.79 Å². The topological polar surface area (TPSA) is 44.8 Å². The normalized spacial score (nSPS) is 15.9. The van der Waals surface area contributed by atoms with Gasteiger partial charge in [-0.3, -0.25) is 0 Å². The van der Waals surface area contributed by atoms with Crippen LogP contribution in [0.5, 0.6) is 5.75 Å². The van der Waals surface area contributed by atoms with E-state index in [4.69, 9.17) is 4.74 Å². The molecular formula is C20H33N3O2. The first kappa shape index (κ1) is 19.6.